The number of methoxy groups -OCH3 is 2. The standard InChI is InChI=1S/C27H32O7/c1-26(2,3)14-21(27(25(29)30)11-6-12-27)34-22-18(9-10-20(31-4)23(22)32-5)16-7-8-19-17(13-16)15-33-24(19)28/h7-10,13,21H,6,11-12,14-15H2,1-5H3,(H,29,30). The van der Waals surface area contributed by atoms with Gasteiger partial charge in [0.25, 0.3) is 0 Å². The molecule has 0 amide bonds. The number of cyclic esters (lactones) is 1. The lowest BCUT2D eigenvalue weighted by atomic mass is 9.62. The average Bonchev–Trinajstić information content (AvgIpc) is 3.11. The Labute approximate surface area is 200 Å². The van der Waals surface area contributed by atoms with Crippen molar-refractivity contribution in [2.24, 2.45) is 10.8 Å². The van der Waals surface area contributed by atoms with Crippen molar-refractivity contribution in [2.75, 3.05) is 14.2 Å². The maximum atomic E-state index is 12.4. The van der Waals surface area contributed by atoms with Crippen LogP contribution in [0.1, 0.15) is 62.4 Å². The molecule has 1 aliphatic carbocycles. The van der Waals surface area contributed by atoms with E-state index in [1.165, 1.54) is 0 Å². The van der Waals surface area contributed by atoms with Crippen LogP contribution in [-0.2, 0) is 16.1 Å². The van der Waals surface area contributed by atoms with Gasteiger partial charge in [-0.25, -0.2) is 4.79 Å². The maximum absolute atomic E-state index is 12.4. The molecule has 2 aromatic carbocycles. The molecule has 1 saturated carbocycles. The zero-order valence-corrected chi connectivity index (χ0v) is 20.4. The smallest absolute Gasteiger partial charge is 0.338 e. The third kappa shape index (κ3) is 4.19. The summed E-state index contributed by atoms with van der Waals surface area (Å²) in [7, 11) is 3.09. The summed E-state index contributed by atoms with van der Waals surface area (Å²) in [5.41, 5.74) is 1.81. The second kappa shape index (κ2) is 8.85. The number of rotatable bonds is 8. The van der Waals surface area contributed by atoms with Crippen molar-refractivity contribution in [3.05, 3.63) is 41.5 Å². The van der Waals surface area contributed by atoms with Crippen LogP contribution in [0.4, 0.5) is 0 Å². The second-order valence-electron chi connectivity index (χ2n) is 10.3. The predicted molar refractivity (Wildman–Crippen MR) is 127 cm³/mol. The van der Waals surface area contributed by atoms with Gasteiger partial charge < -0.3 is 24.1 Å². The average molecular weight is 469 g/mol. The molecule has 1 atom stereocenters. The molecule has 1 fully saturated rings. The zero-order chi connectivity index (χ0) is 24.7. The molecule has 182 valence electrons. The number of aliphatic carboxylic acids is 1. The Morgan fingerprint density at radius 2 is 1.79 bits per heavy atom. The third-order valence-electron chi connectivity index (χ3n) is 6.84. The van der Waals surface area contributed by atoms with Crippen LogP contribution in [0, 0.1) is 10.8 Å². The summed E-state index contributed by atoms with van der Waals surface area (Å²) in [4.78, 5) is 24.3. The first kappa shape index (κ1) is 23.9. The van der Waals surface area contributed by atoms with Crippen LogP contribution in [0.3, 0.4) is 0 Å². The van der Waals surface area contributed by atoms with Gasteiger partial charge >= 0.3 is 11.9 Å². The summed E-state index contributed by atoms with van der Waals surface area (Å²) in [5.74, 6) is 0.183. The van der Waals surface area contributed by atoms with Crippen LogP contribution in [0.2, 0.25) is 0 Å². The highest BCUT2D eigenvalue weighted by Crippen LogP contribution is 2.52. The fourth-order valence-corrected chi connectivity index (χ4v) is 4.82. The largest absolute Gasteiger partial charge is 0.493 e. The Hall–Kier alpha value is -3.22. The van der Waals surface area contributed by atoms with Crippen LogP contribution in [0.15, 0.2) is 30.3 Å². The van der Waals surface area contributed by atoms with E-state index in [4.69, 9.17) is 18.9 Å². The molecule has 0 spiro atoms. The van der Waals surface area contributed by atoms with E-state index in [0.717, 1.165) is 23.1 Å². The minimum atomic E-state index is -0.948. The van der Waals surface area contributed by atoms with Gasteiger partial charge in [0.1, 0.15) is 18.1 Å². The molecule has 1 unspecified atom stereocenters. The van der Waals surface area contributed by atoms with E-state index in [9.17, 15) is 14.7 Å². The van der Waals surface area contributed by atoms with E-state index >= 15 is 0 Å². The molecule has 2 aromatic rings. The molecule has 0 bridgehead atoms. The topological polar surface area (TPSA) is 91.3 Å². The first-order chi connectivity index (χ1) is 16.1. The molecule has 7 heteroatoms. The van der Waals surface area contributed by atoms with Crippen LogP contribution in [-0.4, -0.2) is 37.4 Å². The second-order valence-corrected chi connectivity index (χ2v) is 10.3. The molecule has 7 nitrogen and oxygen atoms in total. The molecular formula is C27H32O7. The lowest BCUT2D eigenvalue weighted by Gasteiger charge is -2.45. The minimum Gasteiger partial charge on any atom is -0.493 e. The van der Waals surface area contributed by atoms with E-state index < -0.39 is 17.5 Å². The fourth-order valence-electron chi connectivity index (χ4n) is 4.82. The zero-order valence-electron chi connectivity index (χ0n) is 20.4. The summed E-state index contributed by atoms with van der Waals surface area (Å²) in [6.45, 7) is 6.47. The molecular weight excluding hydrogens is 436 g/mol. The number of hydrogen-bond donors (Lipinski definition) is 1. The summed E-state index contributed by atoms with van der Waals surface area (Å²) < 4.78 is 23.1. The van der Waals surface area contributed by atoms with Gasteiger partial charge in [-0.3, -0.25) is 4.79 Å². The van der Waals surface area contributed by atoms with Gasteiger partial charge in [0.05, 0.1) is 19.8 Å². The number of carbonyl (C=O) groups excluding carboxylic acids is 1. The van der Waals surface area contributed by atoms with Crippen molar-refractivity contribution in [1.82, 2.24) is 0 Å². The van der Waals surface area contributed by atoms with Crippen LogP contribution in [0.25, 0.3) is 11.1 Å². The van der Waals surface area contributed by atoms with Crippen LogP contribution >= 0.6 is 0 Å². The molecule has 0 saturated heterocycles. The molecule has 1 heterocycles. The number of hydrogen-bond acceptors (Lipinski definition) is 6. The van der Waals surface area contributed by atoms with Gasteiger partial charge in [-0.05, 0) is 54.5 Å². The first-order valence-corrected chi connectivity index (χ1v) is 11.5. The Bertz CT molecular complexity index is 1110. The van der Waals surface area contributed by atoms with Crippen LogP contribution < -0.4 is 14.2 Å². The van der Waals surface area contributed by atoms with E-state index in [1.54, 1.807) is 26.4 Å². The number of esters is 1. The molecule has 0 radical (unpaired) electrons. The van der Waals surface area contributed by atoms with Gasteiger partial charge in [-0.15, -0.1) is 0 Å². The monoisotopic (exact) mass is 468 g/mol. The van der Waals surface area contributed by atoms with Gasteiger partial charge in [-0.1, -0.05) is 33.3 Å². The molecule has 2 aliphatic rings. The fraction of sp³-hybridized carbons (Fsp3) is 0.481. The van der Waals surface area contributed by atoms with Crippen molar-refractivity contribution in [3.8, 4) is 28.4 Å². The SMILES string of the molecule is COc1ccc(-c2ccc3c(c2)COC3=O)c(OC(CC(C)(C)C)C2(C(=O)O)CCC2)c1OC. The molecule has 4 rings (SSSR count). The number of carboxylic acid groups (broad SMARTS) is 1. The van der Waals surface area contributed by atoms with Crippen molar-refractivity contribution >= 4 is 11.9 Å². The summed E-state index contributed by atoms with van der Waals surface area (Å²) in [6.07, 6.45) is 2.01. The van der Waals surface area contributed by atoms with Crippen LogP contribution in [0.5, 0.6) is 17.2 Å². The van der Waals surface area contributed by atoms with Crippen molar-refractivity contribution < 1.29 is 33.6 Å². The number of carbonyl (C=O) groups is 2. The van der Waals surface area contributed by atoms with Gasteiger partial charge in [0, 0.05) is 11.1 Å². The van der Waals surface area contributed by atoms with Gasteiger partial charge in [-0.2, -0.15) is 0 Å². The molecule has 0 aromatic heterocycles. The minimum absolute atomic E-state index is 0.153. The van der Waals surface area contributed by atoms with E-state index in [0.29, 0.717) is 42.1 Å². The first-order valence-electron chi connectivity index (χ1n) is 11.5. The quantitative estimate of drug-likeness (QED) is 0.513. The lowest BCUT2D eigenvalue weighted by Crippen LogP contribution is -2.51. The van der Waals surface area contributed by atoms with Crippen molar-refractivity contribution in [2.45, 2.75) is 59.2 Å². The summed E-state index contributed by atoms with van der Waals surface area (Å²) in [6, 6.07) is 9.17. The summed E-state index contributed by atoms with van der Waals surface area (Å²) >= 11 is 0. The Morgan fingerprint density at radius 1 is 1.09 bits per heavy atom. The number of ether oxygens (including phenoxy) is 4. The van der Waals surface area contributed by atoms with Crippen molar-refractivity contribution in [1.29, 1.82) is 0 Å². The van der Waals surface area contributed by atoms with Gasteiger partial charge in [0.15, 0.2) is 11.5 Å². The predicted octanol–water partition coefficient (Wildman–Crippen LogP) is 5.48. The Kier molecular flexibility index (Phi) is 6.23. The maximum Gasteiger partial charge on any atom is 0.338 e. The Balaban J connectivity index is 1.85. The summed E-state index contributed by atoms with van der Waals surface area (Å²) in [5, 5.41) is 10.2. The third-order valence-corrected chi connectivity index (χ3v) is 6.84. The highest BCUT2D eigenvalue weighted by atomic mass is 16.5. The molecule has 1 aliphatic heterocycles. The Morgan fingerprint density at radius 3 is 2.35 bits per heavy atom. The number of fused-ring (bicyclic) bond motifs is 1. The highest BCUT2D eigenvalue weighted by Gasteiger charge is 2.53. The van der Waals surface area contributed by atoms with Gasteiger partial charge in [0.2, 0.25) is 5.75 Å². The lowest BCUT2D eigenvalue weighted by molar-refractivity contribution is -0.165. The molecule has 34 heavy (non-hydrogen) atoms. The van der Waals surface area contributed by atoms with E-state index in [2.05, 4.69) is 20.8 Å². The van der Waals surface area contributed by atoms with E-state index in [1.807, 2.05) is 18.2 Å². The number of carboxylic acids is 1. The highest BCUT2D eigenvalue weighted by molar-refractivity contribution is 5.94. The normalized spacial score (nSPS) is 17.3. The number of benzene rings is 2. The molecule has 1 N–H and O–H groups in total. The van der Waals surface area contributed by atoms with Crippen molar-refractivity contribution in [3.63, 3.8) is 0 Å². The van der Waals surface area contributed by atoms with E-state index in [-0.39, 0.29) is 18.0 Å².